The fourth-order valence-electron chi connectivity index (χ4n) is 2.20. The number of carbonyl (C=O) groups excluding carboxylic acids is 2. The minimum Gasteiger partial charge on any atom is -0.481 e. The molecule has 8 heteroatoms. The van der Waals surface area contributed by atoms with Gasteiger partial charge in [-0.05, 0) is 40.9 Å². The Morgan fingerprint density at radius 1 is 1.43 bits per heavy atom. The molecule has 2 N–H and O–H groups in total. The molecule has 0 unspecified atom stereocenters. The lowest BCUT2D eigenvalue weighted by atomic mass is 9.98. The second kappa shape index (κ2) is 6.75. The first-order valence-corrected chi connectivity index (χ1v) is 7.31. The highest BCUT2D eigenvalue weighted by Gasteiger charge is 2.28. The van der Waals surface area contributed by atoms with Crippen molar-refractivity contribution < 1.29 is 23.9 Å². The van der Waals surface area contributed by atoms with Crippen molar-refractivity contribution in [1.29, 1.82) is 0 Å². The third-order valence-electron chi connectivity index (χ3n) is 3.32. The number of halogens is 1. The van der Waals surface area contributed by atoms with E-state index in [1.165, 1.54) is 11.0 Å². The van der Waals surface area contributed by atoms with E-state index in [0.29, 0.717) is 24.1 Å². The van der Waals surface area contributed by atoms with Crippen molar-refractivity contribution in [1.82, 2.24) is 10.2 Å². The molecule has 1 saturated heterocycles. The van der Waals surface area contributed by atoms with E-state index in [4.69, 9.17) is 9.52 Å². The summed E-state index contributed by atoms with van der Waals surface area (Å²) >= 11 is 3.09. The predicted octanol–water partition coefficient (Wildman–Crippen LogP) is 1.10. The van der Waals surface area contributed by atoms with Gasteiger partial charge in [0.05, 0.1) is 12.5 Å². The summed E-state index contributed by atoms with van der Waals surface area (Å²) in [5.74, 6) is -2.09. The van der Waals surface area contributed by atoms with Gasteiger partial charge in [-0.1, -0.05) is 0 Å². The Labute approximate surface area is 129 Å². The zero-order valence-electron chi connectivity index (χ0n) is 11.2. The van der Waals surface area contributed by atoms with Gasteiger partial charge in [-0.25, -0.2) is 0 Å². The van der Waals surface area contributed by atoms with Crippen LogP contribution >= 0.6 is 15.9 Å². The Morgan fingerprint density at radius 2 is 2.19 bits per heavy atom. The first-order valence-electron chi connectivity index (χ1n) is 6.51. The van der Waals surface area contributed by atoms with Crippen molar-refractivity contribution >= 4 is 33.7 Å². The quantitative estimate of drug-likeness (QED) is 0.839. The van der Waals surface area contributed by atoms with E-state index >= 15 is 0 Å². The Hall–Kier alpha value is -1.83. The number of rotatable bonds is 4. The topological polar surface area (TPSA) is 99.9 Å². The van der Waals surface area contributed by atoms with Crippen molar-refractivity contribution in [3.63, 3.8) is 0 Å². The SMILES string of the molecule is O=C(NCC(=O)N1CCC[C@@H](C(=O)O)C1)c1ccc(Br)o1. The smallest absolute Gasteiger partial charge is 0.308 e. The van der Waals surface area contributed by atoms with Crippen LogP contribution in [0.4, 0.5) is 0 Å². The standard InChI is InChI=1S/C13H15BrN2O5/c14-10-4-3-9(21-10)12(18)15-6-11(17)16-5-1-2-8(7-16)13(19)20/h3-4,8H,1-2,5-7H2,(H,15,18)(H,19,20)/t8-/m1/s1. The molecule has 1 aliphatic rings. The maximum absolute atomic E-state index is 12.0. The van der Waals surface area contributed by atoms with Crippen LogP contribution in [-0.2, 0) is 9.59 Å². The normalized spacial score (nSPS) is 18.3. The molecule has 0 aliphatic carbocycles. The second-order valence-corrected chi connectivity index (χ2v) is 5.59. The number of hydrogen-bond acceptors (Lipinski definition) is 4. The summed E-state index contributed by atoms with van der Waals surface area (Å²) in [7, 11) is 0. The number of carboxylic acid groups (broad SMARTS) is 1. The zero-order valence-corrected chi connectivity index (χ0v) is 12.8. The van der Waals surface area contributed by atoms with E-state index in [0.717, 1.165) is 0 Å². The van der Waals surface area contributed by atoms with Gasteiger partial charge in [-0.2, -0.15) is 0 Å². The summed E-state index contributed by atoms with van der Waals surface area (Å²) in [5.41, 5.74) is 0. The molecule has 0 aromatic carbocycles. The number of nitrogens with zero attached hydrogens (tertiary/aromatic N) is 1. The molecule has 0 saturated carbocycles. The molecular weight excluding hydrogens is 344 g/mol. The highest BCUT2D eigenvalue weighted by molar-refractivity contribution is 9.10. The van der Waals surface area contributed by atoms with E-state index < -0.39 is 17.8 Å². The van der Waals surface area contributed by atoms with E-state index in [2.05, 4.69) is 21.2 Å². The van der Waals surface area contributed by atoms with Crippen LogP contribution in [0.5, 0.6) is 0 Å². The number of likely N-dealkylation sites (tertiary alicyclic amines) is 1. The monoisotopic (exact) mass is 358 g/mol. The molecule has 2 amide bonds. The largest absolute Gasteiger partial charge is 0.481 e. The predicted molar refractivity (Wildman–Crippen MR) is 75.7 cm³/mol. The minimum absolute atomic E-state index is 0.108. The van der Waals surface area contributed by atoms with Crippen LogP contribution in [0.3, 0.4) is 0 Å². The van der Waals surface area contributed by atoms with Gasteiger partial charge in [0.2, 0.25) is 5.91 Å². The summed E-state index contributed by atoms with van der Waals surface area (Å²) in [6, 6.07) is 3.07. The van der Waals surface area contributed by atoms with Crippen LogP contribution < -0.4 is 5.32 Å². The van der Waals surface area contributed by atoms with Crippen molar-refractivity contribution in [2.24, 2.45) is 5.92 Å². The molecule has 7 nitrogen and oxygen atoms in total. The maximum atomic E-state index is 12.0. The second-order valence-electron chi connectivity index (χ2n) is 4.80. The average Bonchev–Trinajstić information content (AvgIpc) is 2.91. The molecule has 1 aliphatic heterocycles. The molecule has 0 spiro atoms. The Morgan fingerprint density at radius 3 is 2.81 bits per heavy atom. The highest BCUT2D eigenvalue weighted by atomic mass is 79.9. The van der Waals surface area contributed by atoms with Crippen molar-refractivity contribution in [2.75, 3.05) is 19.6 Å². The Bertz CT molecular complexity index is 557. The number of furan rings is 1. The van der Waals surface area contributed by atoms with Crippen molar-refractivity contribution in [3.8, 4) is 0 Å². The van der Waals surface area contributed by atoms with Gasteiger partial charge in [-0.15, -0.1) is 0 Å². The summed E-state index contributed by atoms with van der Waals surface area (Å²) < 4.78 is 5.50. The number of amides is 2. The van der Waals surface area contributed by atoms with E-state index in [-0.39, 0.29) is 24.8 Å². The van der Waals surface area contributed by atoms with Crippen LogP contribution in [0.2, 0.25) is 0 Å². The molecule has 0 bridgehead atoms. The van der Waals surface area contributed by atoms with Gasteiger partial charge in [0.15, 0.2) is 10.4 Å². The molecular formula is C13H15BrN2O5. The number of carbonyl (C=O) groups is 3. The summed E-state index contributed by atoms with van der Waals surface area (Å²) in [5, 5.41) is 11.4. The maximum Gasteiger partial charge on any atom is 0.308 e. The first-order chi connectivity index (χ1) is 9.97. The van der Waals surface area contributed by atoms with Crippen LogP contribution in [0.25, 0.3) is 0 Å². The first kappa shape index (κ1) is 15.6. The Kier molecular flexibility index (Phi) is 5.00. The van der Waals surface area contributed by atoms with Crippen LogP contribution in [-0.4, -0.2) is 47.4 Å². The lowest BCUT2D eigenvalue weighted by Crippen LogP contribution is -2.46. The molecule has 1 aromatic heterocycles. The summed E-state index contributed by atoms with van der Waals surface area (Å²) in [4.78, 5) is 36.1. The van der Waals surface area contributed by atoms with Crippen LogP contribution in [0.15, 0.2) is 21.2 Å². The van der Waals surface area contributed by atoms with Gasteiger partial charge in [0.1, 0.15) is 0 Å². The lowest BCUT2D eigenvalue weighted by molar-refractivity contribution is -0.145. The number of carboxylic acids is 1. The van der Waals surface area contributed by atoms with Crippen molar-refractivity contribution in [3.05, 3.63) is 22.6 Å². The molecule has 0 radical (unpaired) electrons. The number of aliphatic carboxylic acids is 1. The molecule has 1 aromatic rings. The number of nitrogens with one attached hydrogen (secondary N) is 1. The van der Waals surface area contributed by atoms with Crippen LogP contribution in [0.1, 0.15) is 23.4 Å². The van der Waals surface area contributed by atoms with Gasteiger partial charge in [0, 0.05) is 13.1 Å². The van der Waals surface area contributed by atoms with Gasteiger partial charge < -0.3 is 19.7 Å². The Balaban J connectivity index is 1.84. The van der Waals surface area contributed by atoms with E-state index in [1.54, 1.807) is 6.07 Å². The summed E-state index contributed by atoms with van der Waals surface area (Å²) in [6.07, 6.45) is 1.23. The molecule has 2 rings (SSSR count). The van der Waals surface area contributed by atoms with Gasteiger partial charge >= 0.3 is 5.97 Å². The summed E-state index contributed by atoms with van der Waals surface area (Å²) in [6.45, 7) is 0.532. The molecule has 2 heterocycles. The van der Waals surface area contributed by atoms with Gasteiger partial charge in [-0.3, -0.25) is 14.4 Å². The molecule has 1 fully saturated rings. The van der Waals surface area contributed by atoms with Gasteiger partial charge in [0.25, 0.3) is 5.91 Å². The molecule has 114 valence electrons. The molecule has 21 heavy (non-hydrogen) atoms. The van der Waals surface area contributed by atoms with Crippen LogP contribution in [0, 0.1) is 5.92 Å². The fraction of sp³-hybridized carbons (Fsp3) is 0.462. The number of hydrogen-bond donors (Lipinski definition) is 2. The fourth-order valence-corrected chi connectivity index (χ4v) is 2.50. The highest BCUT2D eigenvalue weighted by Crippen LogP contribution is 2.17. The van der Waals surface area contributed by atoms with E-state index in [1.807, 2.05) is 0 Å². The number of piperidine rings is 1. The third kappa shape index (κ3) is 4.07. The zero-order chi connectivity index (χ0) is 15.4. The van der Waals surface area contributed by atoms with Crippen molar-refractivity contribution in [2.45, 2.75) is 12.8 Å². The minimum atomic E-state index is -0.892. The molecule has 1 atom stereocenters. The third-order valence-corrected chi connectivity index (χ3v) is 3.75. The average molecular weight is 359 g/mol. The lowest BCUT2D eigenvalue weighted by Gasteiger charge is -2.30. The van der Waals surface area contributed by atoms with E-state index in [9.17, 15) is 14.4 Å².